The number of hydrogen-bond donors (Lipinski definition) is 3. The molecule has 0 saturated heterocycles. The van der Waals surface area contributed by atoms with E-state index in [9.17, 15) is 9.59 Å². The van der Waals surface area contributed by atoms with E-state index < -0.39 is 12.9 Å². The molecule has 0 bridgehead atoms. The van der Waals surface area contributed by atoms with Crippen LogP contribution in [0.2, 0.25) is 0 Å². The van der Waals surface area contributed by atoms with E-state index in [4.69, 9.17) is 8.85 Å². The van der Waals surface area contributed by atoms with Crippen molar-refractivity contribution >= 4 is 34.5 Å². The van der Waals surface area contributed by atoms with Crippen LogP contribution in [0.25, 0.3) is 5.52 Å². The minimum atomic E-state index is -2.67. The monoisotopic (exact) mass is 383 g/mol. The van der Waals surface area contributed by atoms with Crippen molar-refractivity contribution in [2.45, 2.75) is 12.8 Å². The van der Waals surface area contributed by atoms with Crippen LogP contribution in [-0.4, -0.2) is 40.3 Å². The Balaban J connectivity index is 1.72. The van der Waals surface area contributed by atoms with E-state index in [-0.39, 0.29) is 28.9 Å². The number of carbonyl (C=O) groups excluding carboxylic acids is 2. The summed E-state index contributed by atoms with van der Waals surface area (Å²) in [5.41, 5.74) is 1.46. The van der Waals surface area contributed by atoms with E-state index in [1.165, 1.54) is 19.4 Å². The predicted octanol–water partition coefficient (Wildman–Crippen LogP) is 2.19. The summed E-state index contributed by atoms with van der Waals surface area (Å²) in [5, 5.41) is 7.77. The summed E-state index contributed by atoms with van der Waals surface area (Å²) in [6.45, 7) is -2.67. The number of anilines is 3. The summed E-state index contributed by atoms with van der Waals surface area (Å²) in [4.78, 5) is 32.9. The van der Waals surface area contributed by atoms with Gasteiger partial charge in [0, 0.05) is 35.5 Å². The molecule has 0 radical (unpaired) electrons. The quantitative estimate of drug-likeness (QED) is 0.602. The van der Waals surface area contributed by atoms with Crippen LogP contribution in [0.1, 0.15) is 27.3 Å². The molecule has 9 nitrogen and oxygen atoms in total. The molecule has 1 aliphatic rings. The number of pyridine rings is 2. The van der Waals surface area contributed by atoms with Crippen LogP contribution in [0.5, 0.6) is 5.75 Å². The van der Waals surface area contributed by atoms with Gasteiger partial charge in [-0.15, -0.1) is 0 Å². The van der Waals surface area contributed by atoms with Crippen LogP contribution >= 0.6 is 0 Å². The van der Waals surface area contributed by atoms with E-state index in [2.05, 4.69) is 20.6 Å². The van der Waals surface area contributed by atoms with Gasteiger partial charge in [0.15, 0.2) is 5.75 Å². The zero-order valence-corrected chi connectivity index (χ0v) is 15.0. The standard InChI is InChI=1S/C19H20N6O3/c1-20-19(27)12-8-22-16(24-18(26)11-3-4-11)7-14(12)23-13-5-6-25-10-21-9-15(25)17(13)28-2/h5-11H,3-4H2,1-2H3,(H,20,27)(H2,22,23,24,26)/i1D3. The highest BCUT2D eigenvalue weighted by Crippen LogP contribution is 2.34. The van der Waals surface area contributed by atoms with Crippen molar-refractivity contribution in [2.75, 3.05) is 24.7 Å². The Hall–Kier alpha value is -3.62. The summed E-state index contributed by atoms with van der Waals surface area (Å²) in [5.74, 6) is -0.284. The molecule has 28 heavy (non-hydrogen) atoms. The van der Waals surface area contributed by atoms with E-state index in [0.29, 0.717) is 17.0 Å². The molecule has 1 aliphatic carbocycles. The molecule has 3 aromatic rings. The third-order valence-corrected chi connectivity index (χ3v) is 4.48. The average molecular weight is 383 g/mol. The summed E-state index contributed by atoms with van der Waals surface area (Å²) in [6, 6.07) is 3.20. The summed E-state index contributed by atoms with van der Waals surface area (Å²) < 4.78 is 29.2. The molecule has 0 aromatic carbocycles. The number of carbonyl (C=O) groups is 2. The first-order valence-corrected chi connectivity index (χ1v) is 8.64. The van der Waals surface area contributed by atoms with Crippen LogP contribution in [0.3, 0.4) is 0 Å². The van der Waals surface area contributed by atoms with Crippen molar-refractivity contribution in [1.29, 1.82) is 0 Å². The molecule has 0 spiro atoms. The third kappa shape index (κ3) is 3.34. The average Bonchev–Trinajstić information content (AvgIpc) is 3.44. The Morgan fingerprint density at radius 1 is 1.32 bits per heavy atom. The lowest BCUT2D eigenvalue weighted by Crippen LogP contribution is -2.20. The fraction of sp³-hybridized carbons (Fsp3) is 0.263. The highest BCUT2D eigenvalue weighted by Gasteiger charge is 2.30. The second-order valence-corrected chi connectivity index (χ2v) is 6.41. The number of fused-ring (bicyclic) bond motifs is 1. The van der Waals surface area contributed by atoms with Crippen LogP contribution in [0.15, 0.2) is 37.1 Å². The highest BCUT2D eigenvalue weighted by atomic mass is 16.5. The lowest BCUT2D eigenvalue weighted by molar-refractivity contribution is -0.117. The number of imidazole rings is 1. The number of hydrogen-bond acceptors (Lipinski definition) is 6. The van der Waals surface area contributed by atoms with Gasteiger partial charge < -0.3 is 25.1 Å². The molecule has 0 atom stereocenters. The zero-order chi connectivity index (χ0) is 22.2. The molecule has 1 saturated carbocycles. The maximum atomic E-state index is 12.6. The Kier molecular flexibility index (Phi) is 3.70. The molecule has 3 heterocycles. The van der Waals surface area contributed by atoms with Crippen LogP contribution < -0.4 is 20.7 Å². The highest BCUT2D eigenvalue weighted by molar-refractivity contribution is 6.01. The molecular formula is C19H20N6O3. The van der Waals surface area contributed by atoms with Crippen molar-refractivity contribution in [3.8, 4) is 5.75 Å². The van der Waals surface area contributed by atoms with Crippen molar-refractivity contribution in [1.82, 2.24) is 19.7 Å². The first-order chi connectivity index (χ1) is 14.7. The minimum Gasteiger partial charge on any atom is -0.492 e. The molecular weight excluding hydrogens is 360 g/mol. The number of amides is 2. The number of nitrogens with one attached hydrogen (secondary N) is 3. The number of methoxy groups -OCH3 is 1. The molecule has 9 heteroatoms. The van der Waals surface area contributed by atoms with Crippen molar-refractivity contribution in [2.24, 2.45) is 5.92 Å². The molecule has 4 rings (SSSR count). The summed E-state index contributed by atoms with van der Waals surface area (Å²) in [6.07, 6.45) is 7.88. The number of nitrogens with zero attached hydrogens (tertiary/aromatic N) is 3. The molecule has 144 valence electrons. The Bertz CT molecular complexity index is 1160. The second kappa shape index (κ2) is 7.18. The first kappa shape index (κ1) is 14.4. The van der Waals surface area contributed by atoms with Gasteiger partial charge in [-0.25, -0.2) is 9.97 Å². The Labute approximate surface area is 165 Å². The van der Waals surface area contributed by atoms with Gasteiger partial charge >= 0.3 is 0 Å². The molecule has 2 amide bonds. The predicted molar refractivity (Wildman–Crippen MR) is 104 cm³/mol. The minimum absolute atomic E-state index is 0.00372. The van der Waals surface area contributed by atoms with Gasteiger partial charge in [0.25, 0.3) is 5.91 Å². The van der Waals surface area contributed by atoms with Gasteiger partial charge in [-0.1, -0.05) is 0 Å². The fourth-order valence-electron chi connectivity index (χ4n) is 2.88. The largest absolute Gasteiger partial charge is 0.492 e. The van der Waals surface area contributed by atoms with E-state index in [0.717, 1.165) is 12.8 Å². The second-order valence-electron chi connectivity index (χ2n) is 6.41. The maximum absolute atomic E-state index is 12.6. The molecule has 3 N–H and O–H groups in total. The summed E-state index contributed by atoms with van der Waals surface area (Å²) >= 11 is 0. The lowest BCUT2D eigenvalue weighted by Gasteiger charge is -2.16. The molecule has 1 fully saturated rings. The van der Waals surface area contributed by atoms with Crippen LogP contribution in [0.4, 0.5) is 17.2 Å². The van der Waals surface area contributed by atoms with E-state index in [1.54, 1.807) is 29.2 Å². The van der Waals surface area contributed by atoms with Gasteiger partial charge in [0.2, 0.25) is 5.91 Å². The number of aromatic nitrogens is 3. The van der Waals surface area contributed by atoms with Crippen molar-refractivity contribution in [3.05, 3.63) is 42.6 Å². The van der Waals surface area contributed by atoms with E-state index >= 15 is 0 Å². The normalized spacial score (nSPS) is 15.2. The van der Waals surface area contributed by atoms with Crippen LogP contribution in [-0.2, 0) is 4.79 Å². The van der Waals surface area contributed by atoms with Crippen molar-refractivity contribution < 1.29 is 18.4 Å². The first-order valence-electron chi connectivity index (χ1n) is 10.1. The van der Waals surface area contributed by atoms with Gasteiger partial charge in [-0.2, -0.15) is 0 Å². The Morgan fingerprint density at radius 3 is 2.93 bits per heavy atom. The lowest BCUT2D eigenvalue weighted by atomic mass is 10.2. The third-order valence-electron chi connectivity index (χ3n) is 4.48. The molecule has 3 aromatic heterocycles. The fourth-order valence-corrected chi connectivity index (χ4v) is 2.88. The number of rotatable bonds is 6. The van der Waals surface area contributed by atoms with Gasteiger partial charge in [-0.3, -0.25) is 9.59 Å². The molecule has 0 unspecified atom stereocenters. The van der Waals surface area contributed by atoms with Gasteiger partial charge in [0.05, 0.1) is 36.6 Å². The molecule has 0 aliphatic heterocycles. The van der Waals surface area contributed by atoms with E-state index in [1.807, 2.05) is 5.32 Å². The van der Waals surface area contributed by atoms with Crippen LogP contribution in [0, 0.1) is 5.92 Å². The SMILES string of the molecule is [2H]C([2H])([2H])NC(=O)c1cnc(NC(=O)C2CC2)cc1Nc1ccn2cncc2c1OC. The smallest absolute Gasteiger partial charge is 0.254 e. The number of ether oxygens (including phenoxy) is 1. The maximum Gasteiger partial charge on any atom is 0.254 e. The summed E-state index contributed by atoms with van der Waals surface area (Å²) in [7, 11) is 1.50. The van der Waals surface area contributed by atoms with Gasteiger partial charge in [0.1, 0.15) is 11.3 Å². The zero-order valence-electron chi connectivity index (χ0n) is 18.0. The van der Waals surface area contributed by atoms with Gasteiger partial charge in [-0.05, 0) is 18.9 Å². The Morgan fingerprint density at radius 2 is 2.18 bits per heavy atom. The topological polar surface area (TPSA) is 110 Å². The van der Waals surface area contributed by atoms with Crippen molar-refractivity contribution in [3.63, 3.8) is 0 Å².